The first kappa shape index (κ1) is 19.2. The Morgan fingerprint density at radius 3 is 2.70 bits per heavy atom. The number of aromatic amines is 1. The standard InChI is InChI=1S/C17H16ClN3O5S/c1-26-9-21-13-6-5-10(18)8-12(13)14(11-4-3-7-19-16(11)22)15(21)17(23)20-27(2,24)25/h3-8H,9H2,1-2H3,(H,19,22)(H,20,23). The van der Waals surface area contributed by atoms with Gasteiger partial charge in [-0.05, 0) is 30.3 Å². The summed E-state index contributed by atoms with van der Waals surface area (Å²) in [4.78, 5) is 27.8. The number of fused-ring (bicyclic) bond motifs is 1. The maximum atomic E-state index is 12.8. The van der Waals surface area contributed by atoms with Gasteiger partial charge in [-0.3, -0.25) is 9.59 Å². The van der Waals surface area contributed by atoms with Crippen molar-refractivity contribution in [1.82, 2.24) is 14.3 Å². The molecule has 0 spiro atoms. The second-order valence-corrected chi connectivity index (χ2v) is 8.03. The van der Waals surface area contributed by atoms with Crippen LogP contribution in [0.15, 0.2) is 41.3 Å². The Morgan fingerprint density at radius 1 is 1.33 bits per heavy atom. The highest BCUT2D eigenvalue weighted by Gasteiger charge is 2.27. The van der Waals surface area contributed by atoms with E-state index in [-0.39, 0.29) is 23.6 Å². The molecule has 10 heteroatoms. The average molecular weight is 410 g/mol. The van der Waals surface area contributed by atoms with E-state index in [4.69, 9.17) is 16.3 Å². The van der Waals surface area contributed by atoms with Crippen LogP contribution in [0.3, 0.4) is 0 Å². The summed E-state index contributed by atoms with van der Waals surface area (Å²) in [6.07, 6.45) is 2.34. The molecule has 27 heavy (non-hydrogen) atoms. The van der Waals surface area contributed by atoms with Crippen LogP contribution in [0.1, 0.15) is 10.5 Å². The predicted molar refractivity (Wildman–Crippen MR) is 102 cm³/mol. The predicted octanol–water partition coefficient (Wildman–Crippen LogP) is 1.94. The zero-order chi connectivity index (χ0) is 19.8. The van der Waals surface area contributed by atoms with E-state index < -0.39 is 21.5 Å². The molecule has 3 rings (SSSR count). The van der Waals surface area contributed by atoms with E-state index in [2.05, 4.69) is 4.98 Å². The lowest BCUT2D eigenvalue weighted by Crippen LogP contribution is -2.32. The Morgan fingerprint density at radius 2 is 2.07 bits per heavy atom. The van der Waals surface area contributed by atoms with Crippen LogP contribution in [0.2, 0.25) is 5.02 Å². The van der Waals surface area contributed by atoms with Gasteiger partial charge in [-0.15, -0.1) is 0 Å². The van der Waals surface area contributed by atoms with Gasteiger partial charge in [0.1, 0.15) is 12.4 Å². The third-order valence-electron chi connectivity index (χ3n) is 3.86. The molecule has 0 bridgehead atoms. The molecule has 0 fully saturated rings. The Labute approximate surface area is 159 Å². The Kier molecular flexibility index (Phi) is 5.09. The zero-order valence-corrected chi connectivity index (χ0v) is 16.0. The van der Waals surface area contributed by atoms with Crippen molar-refractivity contribution in [2.75, 3.05) is 13.4 Å². The van der Waals surface area contributed by atoms with E-state index in [0.717, 1.165) is 6.26 Å². The molecule has 0 unspecified atom stereocenters. The van der Waals surface area contributed by atoms with E-state index in [1.165, 1.54) is 17.9 Å². The minimum Gasteiger partial charge on any atom is -0.364 e. The van der Waals surface area contributed by atoms with Gasteiger partial charge in [0, 0.05) is 34.8 Å². The molecule has 1 amide bonds. The number of pyridine rings is 1. The minimum absolute atomic E-state index is 0.0174. The number of carbonyl (C=O) groups is 1. The van der Waals surface area contributed by atoms with Crippen LogP contribution in [0.5, 0.6) is 0 Å². The molecular formula is C17H16ClN3O5S. The second-order valence-electron chi connectivity index (χ2n) is 5.85. The van der Waals surface area contributed by atoms with Crippen LogP contribution in [0.25, 0.3) is 22.0 Å². The molecule has 142 valence electrons. The van der Waals surface area contributed by atoms with Crippen LogP contribution < -0.4 is 10.3 Å². The van der Waals surface area contributed by atoms with Gasteiger partial charge >= 0.3 is 0 Å². The Balaban J connectivity index is 2.45. The number of nitrogens with zero attached hydrogens (tertiary/aromatic N) is 1. The number of aromatic nitrogens is 2. The lowest BCUT2D eigenvalue weighted by Gasteiger charge is -2.11. The number of rotatable bonds is 5. The molecule has 0 saturated heterocycles. The zero-order valence-electron chi connectivity index (χ0n) is 14.4. The van der Waals surface area contributed by atoms with Crippen LogP contribution in [0, 0.1) is 0 Å². The second kappa shape index (κ2) is 7.18. The van der Waals surface area contributed by atoms with E-state index >= 15 is 0 Å². The van der Waals surface area contributed by atoms with Gasteiger partial charge in [-0.2, -0.15) is 0 Å². The van der Waals surface area contributed by atoms with Gasteiger partial charge in [0.15, 0.2) is 0 Å². The van der Waals surface area contributed by atoms with Crippen molar-refractivity contribution in [3.8, 4) is 11.1 Å². The van der Waals surface area contributed by atoms with E-state index in [1.54, 1.807) is 30.3 Å². The molecule has 2 heterocycles. The molecule has 3 aromatic rings. The average Bonchev–Trinajstić information content (AvgIpc) is 2.88. The summed E-state index contributed by atoms with van der Waals surface area (Å²) in [6, 6.07) is 8.08. The lowest BCUT2D eigenvalue weighted by molar-refractivity contribution is 0.0944. The van der Waals surface area contributed by atoms with E-state index in [9.17, 15) is 18.0 Å². The van der Waals surface area contributed by atoms with E-state index in [1.807, 2.05) is 4.72 Å². The number of benzene rings is 1. The van der Waals surface area contributed by atoms with Crippen molar-refractivity contribution >= 4 is 38.4 Å². The fraction of sp³-hybridized carbons (Fsp3) is 0.176. The molecule has 1 aromatic carbocycles. The van der Waals surface area contributed by atoms with Crippen LogP contribution in [-0.2, 0) is 21.5 Å². The Bertz CT molecular complexity index is 1200. The topological polar surface area (TPSA) is 110 Å². The number of H-pyrrole nitrogens is 1. The molecule has 2 N–H and O–H groups in total. The number of hydrogen-bond acceptors (Lipinski definition) is 5. The third-order valence-corrected chi connectivity index (χ3v) is 4.66. The SMILES string of the molecule is COCn1c(C(=O)NS(C)(=O)=O)c(-c2ccc[nH]c2=O)c2cc(Cl)ccc21. The van der Waals surface area contributed by atoms with Gasteiger partial charge in [0.2, 0.25) is 10.0 Å². The molecule has 0 atom stereocenters. The molecule has 0 aliphatic rings. The first-order chi connectivity index (χ1) is 12.7. The smallest absolute Gasteiger partial charge is 0.282 e. The summed E-state index contributed by atoms with van der Waals surface area (Å²) in [5, 5.41) is 0.927. The Hall–Kier alpha value is -2.62. The fourth-order valence-electron chi connectivity index (χ4n) is 2.93. The van der Waals surface area contributed by atoms with Crippen LogP contribution >= 0.6 is 11.6 Å². The molecule has 0 aliphatic carbocycles. The maximum absolute atomic E-state index is 12.8. The molecule has 0 aliphatic heterocycles. The molecule has 0 saturated carbocycles. The number of hydrogen-bond donors (Lipinski definition) is 2. The molecule has 8 nitrogen and oxygen atoms in total. The summed E-state index contributed by atoms with van der Waals surface area (Å²) in [6.45, 7) is -0.0324. The van der Waals surface area contributed by atoms with Crippen molar-refractivity contribution in [2.45, 2.75) is 6.73 Å². The largest absolute Gasteiger partial charge is 0.364 e. The van der Waals surface area contributed by atoms with Crippen molar-refractivity contribution in [3.05, 3.63) is 57.6 Å². The van der Waals surface area contributed by atoms with Crippen molar-refractivity contribution in [2.24, 2.45) is 0 Å². The molecular weight excluding hydrogens is 394 g/mol. The molecule has 0 radical (unpaired) electrons. The van der Waals surface area contributed by atoms with Gasteiger partial charge < -0.3 is 14.3 Å². The number of sulfonamides is 1. The number of methoxy groups -OCH3 is 1. The lowest BCUT2D eigenvalue weighted by atomic mass is 10.0. The minimum atomic E-state index is -3.82. The van der Waals surface area contributed by atoms with E-state index in [0.29, 0.717) is 15.9 Å². The van der Waals surface area contributed by atoms with Gasteiger partial charge in [0.05, 0.1) is 11.8 Å². The van der Waals surface area contributed by atoms with Gasteiger partial charge in [-0.1, -0.05) is 11.6 Å². The summed E-state index contributed by atoms with van der Waals surface area (Å²) in [5.74, 6) is -0.875. The van der Waals surface area contributed by atoms with Crippen LogP contribution in [0.4, 0.5) is 0 Å². The van der Waals surface area contributed by atoms with Crippen molar-refractivity contribution in [1.29, 1.82) is 0 Å². The number of nitrogens with one attached hydrogen (secondary N) is 2. The maximum Gasteiger partial charge on any atom is 0.282 e. The third kappa shape index (κ3) is 3.75. The van der Waals surface area contributed by atoms with Gasteiger partial charge in [-0.25, -0.2) is 13.1 Å². The van der Waals surface area contributed by atoms with Crippen molar-refractivity contribution < 1.29 is 17.9 Å². The molecule has 2 aromatic heterocycles. The highest BCUT2D eigenvalue weighted by molar-refractivity contribution is 7.89. The van der Waals surface area contributed by atoms with Crippen LogP contribution in [-0.4, -0.2) is 37.2 Å². The van der Waals surface area contributed by atoms with Crippen molar-refractivity contribution in [3.63, 3.8) is 0 Å². The summed E-state index contributed by atoms with van der Waals surface area (Å²) in [7, 11) is -2.38. The number of ether oxygens (including phenoxy) is 1. The summed E-state index contributed by atoms with van der Waals surface area (Å²) < 4.78 is 31.8. The highest BCUT2D eigenvalue weighted by atomic mass is 35.5. The number of halogens is 1. The van der Waals surface area contributed by atoms with Gasteiger partial charge in [0.25, 0.3) is 11.5 Å². The normalized spacial score (nSPS) is 11.7. The number of amides is 1. The summed E-state index contributed by atoms with van der Waals surface area (Å²) >= 11 is 6.12. The number of carbonyl (C=O) groups excluding carboxylic acids is 1. The first-order valence-electron chi connectivity index (χ1n) is 7.74. The monoisotopic (exact) mass is 409 g/mol. The fourth-order valence-corrected chi connectivity index (χ4v) is 3.54. The highest BCUT2D eigenvalue weighted by Crippen LogP contribution is 2.35. The first-order valence-corrected chi connectivity index (χ1v) is 10.0. The quantitative estimate of drug-likeness (QED) is 0.669. The summed E-state index contributed by atoms with van der Waals surface area (Å²) in [5.41, 5.74) is 0.600.